The fourth-order valence-corrected chi connectivity index (χ4v) is 3.31. The molecule has 0 aromatic heterocycles. The maximum Gasteiger partial charge on any atom is 0.432 e. The molecule has 31 heavy (non-hydrogen) atoms. The van der Waals surface area contributed by atoms with Gasteiger partial charge in [0.25, 0.3) is 17.5 Å². The average Bonchev–Trinajstić information content (AvgIpc) is 2.66. The minimum atomic E-state index is -5.84. The molecule has 9 heteroatoms. The van der Waals surface area contributed by atoms with Crippen molar-refractivity contribution in [2.75, 3.05) is 5.32 Å². The van der Waals surface area contributed by atoms with E-state index in [4.69, 9.17) is 5.73 Å². The summed E-state index contributed by atoms with van der Waals surface area (Å²) >= 11 is 0. The second-order valence-corrected chi connectivity index (χ2v) is 7.59. The first-order chi connectivity index (χ1) is 14.1. The zero-order valence-corrected chi connectivity index (χ0v) is 17.5. The molecule has 2 aromatic rings. The number of anilines is 1. The van der Waals surface area contributed by atoms with Crippen LogP contribution in [-0.4, -0.2) is 18.0 Å². The van der Waals surface area contributed by atoms with Crippen molar-refractivity contribution in [3.8, 4) is 0 Å². The third kappa shape index (κ3) is 4.71. The molecule has 0 bridgehead atoms. The van der Waals surface area contributed by atoms with E-state index in [1.165, 1.54) is 19.1 Å². The van der Waals surface area contributed by atoms with Gasteiger partial charge in [0, 0.05) is 29.8 Å². The molecule has 0 heterocycles. The predicted octanol–water partition coefficient (Wildman–Crippen LogP) is 6.21. The summed E-state index contributed by atoms with van der Waals surface area (Å²) in [5.74, 6) is -5.26. The van der Waals surface area contributed by atoms with Crippen LogP contribution in [0.25, 0.3) is 0 Å². The molecule has 2 unspecified atom stereocenters. The summed E-state index contributed by atoms with van der Waals surface area (Å²) in [6.45, 7) is 4.55. The lowest BCUT2D eigenvalue weighted by atomic mass is 9.86. The van der Waals surface area contributed by atoms with E-state index in [0.29, 0.717) is 6.07 Å². The molecule has 2 atom stereocenters. The van der Waals surface area contributed by atoms with Crippen LogP contribution in [-0.2, 0) is 12.1 Å². The van der Waals surface area contributed by atoms with E-state index in [1.807, 2.05) is 0 Å². The van der Waals surface area contributed by atoms with Gasteiger partial charge in [-0.1, -0.05) is 25.1 Å². The SMILES string of the molecule is CCc1cc(C(F)(C(C)(F)F)C(F)(F)F)cc(C)c1NC(=O)c1ccc(C(C)N)cc1. The van der Waals surface area contributed by atoms with Gasteiger partial charge >= 0.3 is 6.18 Å². The van der Waals surface area contributed by atoms with E-state index < -0.39 is 29.2 Å². The summed E-state index contributed by atoms with van der Waals surface area (Å²) < 4.78 is 82.4. The molecule has 0 fully saturated rings. The van der Waals surface area contributed by atoms with E-state index >= 15 is 0 Å². The smallest absolute Gasteiger partial charge is 0.324 e. The van der Waals surface area contributed by atoms with Crippen LogP contribution >= 0.6 is 0 Å². The molecule has 0 aliphatic carbocycles. The molecule has 0 aliphatic rings. The molecule has 3 nitrogen and oxygen atoms in total. The van der Waals surface area contributed by atoms with E-state index in [-0.39, 0.29) is 41.8 Å². The number of nitrogens with two attached hydrogens (primary N) is 1. The highest BCUT2D eigenvalue weighted by Gasteiger charge is 2.70. The first-order valence-electron chi connectivity index (χ1n) is 9.57. The molecule has 0 saturated heterocycles. The number of benzene rings is 2. The van der Waals surface area contributed by atoms with Crippen molar-refractivity contribution in [3.63, 3.8) is 0 Å². The third-order valence-corrected chi connectivity index (χ3v) is 5.13. The maximum atomic E-state index is 14.8. The number of amides is 1. The summed E-state index contributed by atoms with van der Waals surface area (Å²) in [4.78, 5) is 12.6. The van der Waals surface area contributed by atoms with Gasteiger partial charge < -0.3 is 11.1 Å². The van der Waals surface area contributed by atoms with Crippen LogP contribution in [0.3, 0.4) is 0 Å². The lowest BCUT2D eigenvalue weighted by Gasteiger charge is -2.34. The predicted molar refractivity (Wildman–Crippen MR) is 107 cm³/mol. The molecule has 2 rings (SSSR count). The van der Waals surface area contributed by atoms with Crippen molar-refractivity contribution >= 4 is 11.6 Å². The Bertz CT molecular complexity index is 932. The number of carbonyl (C=O) groups excluding carboxylic acids is 1. The van der Waals surface area contributed by atoms with Gasteiger partial charge in [-0.2, -0.15) is 13.2 Å². The van der Waals surface area contributed by atoms with Crippen LogP contribution in [0.5, 0.6) is 0 Å². The third-order valence-electron chi connectivity index (χ3n) is 5.13. The van der Waals surface area contributed by atoms with Gasteiger partial charge in [-0.3, -0.25) is 4.79 Å². The molecule has 170 valence electrons. The van der Waals surface area contributed by atoms with Gasteiger partial charge in [0.2, 0.25) is 0 Å². The van der Waals surface area contributed by atoms with Gasteiger partial charge in [0.05, 0.1) is 0 Å². The van der Waals surface area contributed by atoms with Gasteiger partial charge in [0.1, 0.15) is 0 Å². The van der Waals surface area contributed by atoms with Crippen molar-refractivity contribution < 1.29 is 31.1 Å². The second kappa shape index (κ2) is 8.53. The number of rotatable bonds is 6. The fraction of sp³-hybridized carbons (Fsp3) is 0.409. The van der Waals surface area contributed by atoms with Crippen molar-refractivity contribution in [2.45, 2.75) is 57.9 Å². The number of hydrogen-bond donors (Lipinski definition) is 2. The Morgan fingerprint density at radius 2 is 1.61 bits per heavy atom. The van der Waals surface area contributed by atoms with Crippen LogP contribution in [0.15, 0.2) is 36.4 Å². The molecular weight excluding hydrogens is 422 g/mol. The maximum absolute atomic E-state index is 14.8. The lowest BCUT2D eigenvalue weighted by Crippen LogP contribution is -2.51. The van der Waals surface area contributed by atoms with Gasteiger partial charge in [-0.05, 0) is 55.2 Å². The van der Waals surface area contributed by atoms with Gasteiger partial charge in [-0.25, -0.2) is 13.2 Å². The number of alkyl halides is 6. The van der Waals surface area contributed by atoms with Crippen LogP contribution in [0.1, 0.15) is 59.4 Å². The number of halogens is 6. The monoisotopic (exact) mass is 446 g/mol. The van der Waals surface area contributed by atoms with Gasteiger partial charge in [0.15, 0.2) is 0 Å². The summed E-state index contributed by atoms with van der Waals surface area (Å²) in [6.07, 6.45) is -5.76. The van der Waals surface area contributed by atoms with Crippen LogP contribution < -0.4 is 11.1 Å². The van der Waals surface area contributed by atoms with Crippen molar-refractivity contribution in [1.29, 1.82) is 0 Å². The molecule has 3 N–H and O–H groups in total. The molecule has 2 aromatic carbocycles. The molecule has 0 aliphatic heterocycles. The molecular formula is C22H24F6N2O. The summed E-state index contributed by atoms with van der Waals surface area (Å²) in [7, 11) is 0. The largest absolute Gasteiger partial charge is 0.432 e. The van der Waals surface area contributed by atoms with E-state index in [9.17, 15) is 31.1 Å². The Hall–Kier alpha value is -2.55. The Balaban J connectivity index is 2.49. The van der Waals surface area contributed by atoms with Crippen LogP contribution in [0, 0.1) is 6.92 Å². The van der Waals surface area contributed by atoms with Gasteiger partial charge in [-0.15, -0.1) is 0 Å². The number of nitrogens with one attached hydrogen (secondary N) is 1. The number of hydrogen-bond acceptors (Lipinski definition) is 2. The molecule has 0 spiro atoms. The van der Waals surface area contributed by atoms with E-state index in [2.05, 4.69) is 5.32 Å². The van der Waals surface area contributed by atoms with Crippen LogP contribution in [0.4, 0.5) is 32.0 Å². The fourth-order valence-electron chi connectivity index (χ4n) is 3.31. The minimum Gasteiger partial charge on any atom is -0.324 e. The highest BCUT2D eigenvalue weighted by molar-refractivity contribution is 6.05. The summed E-state index contributed by atoms with van der Waals surface area (Å²) in [6, 6.07) is 7.60. The van der Waals surface area contributed by atoms with E-state index in [1.54, 1.807) is 26.0 Å². The normalized spacial score (nSPS) is 15.3. The summed E-state index contributed by atoms with van der Waals surface area (Å²) in [5.41, 5.74) is 1.05. The average molecular weight is 446 g/mol. The lowest BCUT2D eigenvalue weighted by molar-refractivity contribution is -0.304. The van der Waals surface area contributed by atoms with E-state index in [0.717, 1.165) is 11.6 Å². The standard InChI is InChI=1S/C22H24F6N2O/c1-5-14-11-17(21(25,20(4,23)24)22(26,27)28)10-12(2)18(14)30-19(31)16-8-6-15(7-9-16)13(3)29/h6-11,13H,5,29H2,1-4H3,(H,30,31). The Morgan fingerprint density at radius 3 is 2.03 bits per heavy atom. The van der Waals surface area contributed by atoms with Crippen LogP contribution in [0.2, 0.25) is 0 Å². The minimum absolute atomic E-state index is 0.0328. The number of aryl methyl sites for hydroxylation is 2. The Labute approximate surface area is 176 Å². The number of carbonyl (C=O) groups is 1. The Morgan fingerprint density at radius 1 is 1.06 bits per heavy atom. The highest BCUT2D eigenvalue weighted by atomic mass is 19.4. The zero-order valence-electron chi connectivity index (χ0n) is 17.5. The quantitative estimate of drug-likeness (QED) is 0.518. The van der Waals surface area contributed by atoms with Crippen molar-refractivity contribution in [1.82, 2.24) is 0 Å². The molecule has 0 radical (unpaired) electrons. The highest BCUT2D eigenvalue weighted by Crippen LogP contribution is 2.53. The van der Waals surface area contributed by atoms with Crippen molar-refractivity contribution in [3.05, 3.63) is 64.2 Å². The first-order valence-corrected chi connectivity index (χ1v) is 9.57. The molecule has 1 amide bonds. The zero-order chi connectivity index (χ0) is 23.8. The topological polar surface area (TPSA) is 55.1 Å². The second-order valence-electron chi connectivity index (χ2n) is 7.59. The molecule has 0 saturated carbocycles. The first kappa shape index (κ1) is 24.7. The Kier molecular flexibility index (Phi) is 6.80. The summed E-state index contributed by atoms with van der Waals surface area (Å²) in [5, 5.41) is 2.59. The van der Waals surface area contributed by atoms with Crippen molar-refractivity contribution in [2.24, 2.45) is 5.73 Å².